The van der Waals surface area contributed by atoms with E-state index in [4.69, 9.17) is 5.73 Å². The van der Waals surface area contributed by atoms with Crippen molar-refractivity contribution in [2.45, 2.75) is 37.6 Å². The molecule has 1 aromatic rings. The molecule has 0 heterocycles. The largest absolute Gasteiger partial charge is 0.504 e. The Kier molecular flexibility index (Phi) is 2.68. The number of benzene rings is 1. The van der Waals surface area contributed by atoms with Crippen LogP contribution in [-0.2, 0) is 5.54 Å². The molecule has 0 spiro atoms. The van der Waals surface area contributed by atoms with Crippen LogP contribution in [-0.4, -0.2) is 15.3 Å². The lowest BCUT2D eigenvalue weighted by Gasteiger charge is -2.34. The van der Waals surface area contributed by atoms with E-state index in [-0.39, 0.29) is 11.5 Å². The van der Waals surface area contributed by atoms with Crippen LogP contribution in [0.3, 0.4) is 0 Å². The second-order valence-electron chi connectivity index (χ2n) is 4.55. The van der Waals surface area contributed by atoms with Crippen LogP contribution in [0.1, 0.15) is 37.7 Å². The van der Waals surface area contributed by atoms with Crippen molar-refractivity contribution in [3.8, 4) is 17.2 Å². The van der Waals surface area contributed by atoms with E-state index >= 15 is 0 Å². The van der Waals surface area contributed by atoms with Gasteiger partial charge in [-0.25, -0.2) is 0 Å². The van der Waals surface area contributed by atoms with Crippen molar-refractivity contribution in [3.63, 3.8) is 0 Å². The van der Waals surface area contributed by atoms with Crippen LogP contribution in [0.5, 0.6) is 17.2 Å². The molecule has 1 aliphatic carbocycles. The van der Waals surface area contributed by atoms with Gasteiger partial charge in [-0.05, 0) is 25.0 Å². The molecule has 1 fully saturated rings. The fourth-order valence-corrected chi connectivity index (χ4v) is 2.42. The Bertz CT molecular complexity index is 397. The molecular formula is C12H17NO3. The van der Waals surface area contributed by atoms with Crippen LogP contribution in [0.4, 0.5) is 0 Å². The van der Waals surface area contributed by atoms with E-state index in [9.17, 15) is 15.3 Å². The van der Waals surface area contributed by atoms with Gasteiger partial charge in [-0.15, -0.1) is 0 Å². The highest BCUT2D eigenvalue weighted by atomic mass is 16.3. The Balaban J connectivity index is 2.43. The molecule has 1 aliphatic rings. The van der Waals surface area contributed by atoms with Crippen LogP contribution >= 0.6 is 0 Å². The lowest BCUT2D eigenvalue weighted by Crippen LogP contribution is -2.38. The summed E-state index contributed by atoms with van der Waals surface area (Å²) in [5, 5.41) is 28.5. The van der Waals surface area contributed by atoms with Gasteiger partial charge in [0, 0.05) is 11.1 Å². The molecule has 0 atom stereocenters. The number of hydrogen-bond donors (Lipinski definition) is 4. The van der Waals surface area contributed by atoms with Crippen molar-refractivity contribution in [3.05, 3.63) is 17.7 Å². The molecule has 88 valence electrons. The van der Waals surface area contributed by atoms with Gasteiger partial charge in [-0.1, -0.05) is 19.3 Å². The third-order valence-electron chi connectivity index (χ3n) is 3.41. The van der Waals surface area contributed by atoms with E-state index in [2.05, 4.69) is 0 Å². The van der Waals surface area contributed by atoms with Crippen LogP contribution in [0.2, 0.25) is 0 Å². The molecule has 5 N–H and O–H groups in total. The second kappa shape index (κ2) is 3.87. The van der Waals surface area contributed by atoms with Crippen molar-refractivity contribution in [2.75, 3.05) is 0 Å². The molecule has 0 aliphatic heterocycles. The van der Waals surface area contributed by atoms with E-state index in [0.717, 1.165) is 32.1 Å². The molecule has 0 bridgehead atoms. The average molecular weight is 223 g/mol. The lowest BCUT2D eigenvalue weighted by atomic mass is 9.77. The van der Waals surface area contributed by atoms with Gasteiger partial charge in [0.25, 0.3) is 0 Å². The summed E-state index contributed by atoms with van der Waals surface area (Å²) in [6, 6.07) is 2.96. The molecule has 1 aromatic carbocycles. The summed E-state index contributed by atoms with van der Waals surface area (Å²) in [5.74, 6) is -1.09. The number of phenols is 3. The van der Waals surface area contributed by atoms with Crippen molar-refractivity contribution in [1.29, 1.82) is 0 Å². The molecule has 0 unspecified atom stereocenters. The number of aromatic hydroxyl groups is 3. The third-order valence-corrected chi connectivity index (χ3v) is 3.41. The zero-order chi connectivity index (χ0) is 11.8. The minimum Gasteiger partial charge on any atom is -0.504 e. The summed E-state index contributed by atoms with van der Waals surface area (Å²) in [6.45, 7) is 0. The lowest BCUT2D eigenvalue weighted by molar-refractivity contribution is 0.285. The maximum Gasteiger partial charge on any atom is 0.200 e. The highest BCUT2D eigenvalue weighted by Crippen LogP contribution is 2.45. The number of hydrogen-bond acceptors (Lipinski definition) is 4. The molecule has 0 aromatic heterocycles. The summed E-state index contributed by atoms with van der Waals surface area (Å²) in [7, 11) is 0. The van der Waals surface area contributed by atoms with Crippen LogP contribution in [0.25, 0.3) is 0 Å². The van der Waals surface area contributed by atoms with Crippen LogP contribution < -0.4 is 5.73 Å². The first-order chi connectivity index (χ1) is 7.54. The molecule has 2 rings (SSSR count). The highest BCUT2D eigenvalue weighted by molar-refractivity contribution is 5.55. The van der Waals surface area contributed by atoms with Crippen LogP contribution in [0.15, 0.2) is 12.1 Å². The van der Waals surface area contributed by atoms with E-state index < -0.39 is 11.3 Å². The first kappa shape index (κ1) is 11.1. The first-order valence-electron chi connectivity index (χ1n) is 5.58. The minimum absolute atomic E-state index is 0.288. The van der Waals surface area contributed by atoms with Gasteiger partial charge in [-0.2, -0.15) is 0 Å². The second-order valence-corrected chi connectivity index (χ2v) is 4.55. The van der Waals surface area contributed by atoms with E-state index in [1.807, 2.05) is 0 Å². The Morgan fingerprint density at radius 1 is 0.938 bits per heavy atom. The van der Waals surface area contributed by atoms with Gasteiger partial charge in [0.1, 0.15) is 0 Å². The highest BCUT2D eigenvalue weighted by Gasteiger charge is 2.33. The van der Waals surface area contributed by atoms with Crippen molar-refractivity contribution >= 4 is 0 Å². The average Bonchev–Trinajstić information content (AvgIpc) is 2.27. The molecule has 16 heavy (non-hydrogen) atoms. The Morgan fingerprint density at radius 3 is 2.19 bits per heavy atom. The molecule has 4 heteroatoms. The zero-order valence-corrected chi connectivity index (χ0v) is 9.11. The summed E-state index contributed by atoms with van der Waals surface area (Å²) >= 11 is 0. The Labute approximate surface area is 94.3 Å². The molecule has 4 nitrogen and oxygen atoms in total. The fraction of sp³-hybridized carbons (Fsp3) is 0.500. The van der Waals surface area contributed by atoms with Crippen molar-refractivity contribution < 1.29 is 15.3 Å². The predicted molar refractivity (Wildman–Crippen MR) is 60.4 cm³/mol. The summed E-state index contributed by atoms with van der Waals surface area (Å²) in [4.78, 5) is 0. The summed E-state index contributed by atoms with van der Waals surface area (Å²) < 4.78 is 0. The topological polar surface area (TPSA) is 86.7 Å². The monoisotopic (exact) mass is 223 g/mol. The quantitative estimate of drug-likeness (QED) is 0.548. The minimum atomic E-state index is -0.576. The SMILES string of the molecule is NC1(c2ccc(O)c(O)c2O)CCCCC1. The summed E-state index contributed by atoms with van der Waals surface area (Å²) in [6.07, 6.45) is 4.80. The van der Waals surface area contributed by atoms with Gasteiger partial charge in [0.2, 0.25) is 5.75 Å². The number of rotatable bonds is 1. The fourth-order valence-electron chi connectivity index (χ4n) is 2.42. The standard InChI is InChI=1S/C12H17NO3/c13-12(6-2-1-3-7-12)8-4-5-9(14)11(16)10(8)15/h4-5,14-16H,1-3,6-7,13H2. The molecule has 0 saturated heterocycles. The van der Waals surface area contributed by atoms with Gasteiger partial charge in [0.15, 0.2) is 11.5 Å². The van der Waals surface area contributed by atoms with Gasteiger partial charge >= 0.3 is 0 Å². The zero-order valence-electron chi connectivity index (χ0n) is 9.11. The Morgan fingerprint density at radius 2 is 1.56 bits per heavy atom. The normalized spacial score (nSPS) is 19.6. The van der Waals surface area contributed by atoms with Gasteiger partial charge < -0.3 is 21.1 Å². The Hall–Kier alpha value is -1.42. The van der Waals surface area contributed by atoms with E-state index in [0.29, 0.717) is 5.56 Å². The van der Waals surface area contributed by atoms with E-state index in [1.54, 1.807) is 6.07 Å². The molecule has 1 saturated carbocycles. The predicted octanol–water partition coefficient (Wildman–Crippen LogP) is 1.92. The van der Waals surface area contributed by atoms with Gasteiger partial charge in [0.05, 0.1) is 0 Å². The number of phenolic OH excluding ortho intramolecular Hbond substituents is 3. The van der Waals surface area contributed by atoms with Crippen molar-refractivity contribution in [2.24, 2.45) is 5.73 Å². The van der Waals surface area contributed by atoms with E-state index in [1.165, 1.54) is 6.07 Å². The molecule has 0 amide bonds. The number of nitrogens with two attached hydrogens (primary N) is 1. The van der Waals surface area contributed by atoms with Crippen molar-refractivity contribution in [1.82, 2.24) is 0 Å². The first-order valence-corrected chi connectivity index (χ1v) is 5.58. The maximum atomic E-state index is 9.81. The summed E-state index contributed by atoms with van der Waals surface area (Å²) in [5.41, 5.74) is 6.20. The molecule has 0 radical (unpaired) electrons. The maximum absolute atomic E-state index is 9.81. The third kappa shape index (κ3) is 1.69. The molecular weight excluding hydrogens is 206 g/mol. The van der Waals surface area contributed by atoms with Crippen LogP contribution in [0, 0.1) is 0 Å². The smallest absolute Gasteiger partial charge is 0.200 e. The van der Waals surface area contributed by atoms with Gasteiger partial charge in [-0.3, -0.25) is 0 Å².